The second-order valence-electron chi connectivity index (χ2n) is 7.36. The highest BCUT2D eigenvalue weighted by molar-refractivity contribution is 5.89. The van der Waals surface area contributed by atoms with Gasteiger partial charge in [-0.1, -0.05) is 41.5 Å². The molecule has 0 aliphatic carbocycles. The van der Waals surface area contributed by atoms with Gasteiger partial charge in [0.15, 0.2) is 0 Å². The minimum Gasteiger partial charge on any atom is -0.356 e. The number of para-hydroxylation sites is 1. The minimum absolute atomic E-state index is 0.0554. The van der Waals surface area contributed by atoms with Gasteiger partial charge in [0.2, 0.25) is 5.91 Å². The monoisotopic (exact) mass is 367 g/mol. The predicted molar refractivity (Wildman–Crippen MR) is 115 cm³/mol. The van der Waals surface area contributed by atoms with Crippen molar-refractivity contribution in [2.45, 2.75) is 53.0 Å². The Balaban J connectivity index is 2.09. The molecule has 0 fully saturated rings. The molecule has 1 aromatic heterocycles. The van der Waals surface area contributed by atoms with Crippen LogP contribution in [-0.2, 0) is 17.8 Å². The van der Waals surface area contributed by atoms with Gasteiger partial charge >= 0.3 is 0 Å². The number of nitrogens with zero attached hydrogens (tertiary/aromatic N) is 1. The molecule has 0 unspecified atom stereocenters. The maximum absolute atomic E-state index is 12.2. The first-order valence-electron chi connectivity index (χ1n) is 9.83. The smallest absolute Gasteiger partial charge is 0.224 e. The van der Waals surface area contributed by atoms with Gasteiger partial charge in [-0.15, -0.1) is 0 Å². The first-order chi connectivity index (χ1) is 13.0. The number of allylic oxidation sites excluding steroid dienone is 4. The highest BCUT2D eigenvalue weighted by Crippen LogP contribution is 2.22. The molecule has 0 bridgehead atoms. The molecule has 1 aromatic carbocycles. The van der Waals surface area contributed by atoms with Crippen LogP contribution in [0.2, 0.25) is 0 Å². The zero-order valence-corrected chi connectivity index (χ0v) is 16.9. The van der Waals surface area contributed by atoms with Crippen molar-refractivity contribution in [3.8, 4) is 0 Å². The molecule has 1 heterocycles. The van der Waals surface area contributed by atoms with Gasteiger partial charge in [0, 0.05) is 30.2 Å². The summed E-state index contributed by atoms with van der Waals surface area (Å²) in [6, 6.07) is 8.30. The number of nitrogens with one attached hydrogen (secondary N) is 1. The summed E-state index contributed by atoms with van der Waals surface area (Å²) >= 11 is 0. The van der Waals surface area contributed by atoms with Gasteiger partial charge in [-0.05, 0) is 58.2 Å². The van der Waals surface area contributed by atoms with Crippen molar-refractivity contribution in [1.82, 2.24) is 9.88 Å². The number of rotatable bonds is 10. The number of carbonyl (C=O) groups is 1. The van der Waals surface area contributed by atoms with Crippen LogP contribution in [0.4, 0.5) is 0 Å². The van der Waals surface area contributed by atoms with Crippen LogP contribution in [0.1, 0.15) is 45.6 Å². The van der Waals surface area contributed by atoms with Crippen molar-refractivity contribution >= 4 is 16.8 Å². The summed E-state index contributed by atoms with van der Waals surface area (Å²) in [5.41, 5.74) is 10.5. The Kier molecular flexibility index (Phi) is 8.34. The highest BCUT2D eigenvalue weighted by atomic mass is 16.1. The Morgan fingerprint density at radius 2 is 1.96 bits per heavy atom. The maximum atomic E-state index is 12.2. The van der Waals surface area contributed by atoms with Crippen molar-refractivity contribution in [1.29, 1.82) is 0 Å². The quantitative estimate of drug-likeness (QED) is 0.485. The summed E-state index contributed by atoms with van der Waals surface area (Å²) < 4.78 is 2.24. The summed E-state index contributed by atoms with van der Waals surface area (Å²) in [5, 5.41) is 4.10. The SMILES string of the molecule is CC(C)=CCC/C(C)=C/Cn1cc(CC(=O)NCCCN)c2ccccc21. The van der Waals surface area contributed by atoms with Crippen LogP contribution in [0.25, 0.3) is 10.9 Å². The van der Waals surface area contributed by atoms with Gasteiger partial charge in [0.05, 0.1) is 6.42 Å². The van der Waals surface area contributed by atoms with Crippen LogP contribution in [0.15, 0.2) is 53.8 Å². The average Bonchev–Trinajstić information content (AvgIpc) is 2.98. The second kappa shape index (κ2) is 10.7. The lowest BCUT2D eigenvalue weighted by molar-refractivity contribution is -0.120. The number of aromatic nitrogens is 1. The van der Waals surface area contributed by atoms with E-state index in [4.69, 9.17) is 5.73 Å². The summed E-state index contributed by atoms with van der Waals surface area (Å²) in [6.07, 6.45) is 10.1. The van der Waals surface area contributed by atoms with Crippen molar-refractivity contribution in [2.24, 2.45) is 5.73 Å². The van der Waals surface area contributed by atoms with E-state index in [0.29, 0.717) is 19.5 Å². The average molecular weight is 368 g/mol. The van der Waals surface area contributed by atoms with Crippen LogP contribution < -0.4 is 11.1 Å². The van der Waals surface area contributed by atoms with Crippen molar-refractivity contribution in [3.05, 3.63) is 59.3 Å². The standard InChI is InChI=1S/C23H33N3O/c1-18(2)8-6-9-19(3)12-15-26-17-20(16-23(27)25-14-7-13-24)21-10-4-5-11-22(21)26/h4-5,8,10-12,17H,6-7,9,13-16,24H2,1-3H3,(H,25,27)/b19-12+. The molecule has 146 valence electrons. The lowest BCUT2D eigenvalue weighted by atomic mass is 10.1. The molecule has 0 aliphatic heterocycles. The zero-order chi connectivity index (χ0) is 19.6. The molecular weight excluding hydrogens is 334 g/mol. The van der Waals surface area contributed by atoms with E-state index in [1.807, 2.05) is 6.07 Å². The molecule has 0 saturated heterocycles. The van der Waals surface area contributed by atoms with E-state index in [1.165, 1.54) is 16.7 Å². The molecule has 2 aromatic rings. The molecule has 0 atom stereocenters. The molecule has 4 nitrogen and oxygen atoms in total. The lowest BCUT2D eigenvalue weighted by Crippen LogP contribution is -2.27. The Morgan fingerprint density at radius 1 is 1.19 bits per heavy atom. The topological polar surface area (TPSA) is 60.0 Å². The Bertz CT molecular complexity index is 810. The van der Waals surface area contributed by atoms with E-state index < -0.39 is 0 Å². The van der Waals surface area contributed by atoms with E-state index in [-0.39, 0.29) is 5.91 Å². The van der Waals surface area contributed by atoms with Gasteiger partial charge in [0.1, 0.15) is 0 Å². The van der Waals surface area contributed by atoms with Gasteiger partial charge < -0.3 is 15.6 Å². The summed E-state index contributed by atoms with van der Waals surface area (Å²) in [4.78, 5) is 12.2. The van der Waals surface area contributed by atoms with E-state index in [1.54, 1.807) is 0 Å². The third-order valence-corrected chi connectivity index (χ3v) is 4.65. The van der Waals surface area contributed by atoms with Crippen LogP contribution >= 0.6 is 0 Å². The van der Waals surface area contributed by atoms with Crippen molar-refractivity contribution < 1.29 is 4.79 Å². The third kappa shape index (κ3) is 6.72. The van der Waals surface area contributed by atoms with Crippen LogP contribution in [0, 0.1) is 0 Å². The molecule has 0 aliphatic rings. The molecule has 3 N–H and O–H groups in total. The number of hydrogen-bond donors (Lipinski definition) is 2. The molecule has 0 spiro atoms. The second-order valence-corrected chi connectivity index (χ2v) is 7.36. The largest absolute Gasteiger partial charge is 0.356 e. The molecule has 1 amide bonds. The number of amides is 1. The summed E-state index contributed by atoms with van der Waals surface area (Å²) in [6.45, 7) is 8.53. The van der Waals surface area contributed by atoms with Gasteiger partial charge in [0.25, 0.3) is 0 Å². The molecule has 4 heteroatoms. The van der Waals surface area contributed by atoms with Crippen LogP contribution in [0.5, 0.6) is 0 Å². The highest BCUT2D eigenvalue weighted by Gasteiger charge is 2.11. The van der Waals surface area contributed by atoms with Crippen molar-refractivity contribution in [3.63, 3.8) is 0 Å². The Hall–Kier alpha value is -2.33. The Labute approximate surface area is 163 Å². The number of fused-ring (bicyclic) bond motifs is 1. The third-order valence-electron chi connectivity index (χ3n) is 4.65. The summed E-state index contributed by atoms with van der Waals surface area (Å²) in [7, 11) is 0. The first kappa shape index (κ1) is 21.0. The summed E-state index contributed by atoms with van der Waals surface area (Å²) in [5.74, 6) is 0.0554. The van der Waals surface area contributed by atoms with Gasteiger partial charge in [-0.2, -0.15) is 0 Å². The normalized spacial score (nSPS) is 11.6. The molecule has 27 heavy (non-hydrogen) atoms. The molecule has 2 rings (SSSR count). The van der Waals surface area contributed by atoms with Crippen molar-refractivity contribution in [2.75, 3.05) is 13.1 Å². The lowest BCUT2D eigenvalue weighted by Gasteiger charge is -2.04. The maximum Gasteiger partial charge on any atom is 0.224 e. The number of benzene rings is 1. The van der Waals surface area contributed by atoms with Gasteiger partial charge in [-0.3, -0.25) is 4.79 Å². The first-order valence-corrected chi connectivity index (χ1v) is 9.83. The van der Waals surface area contributed by atoms with Gasteiger partial charge in [-0.25, -0.2) is 0 Å². The zero-order valence-electron chi connectivity index (χ0n) is 16.9. The fraction of sp³-hybridized carbons (Fsp3) is 0.435. The molecule has 0 saturated carbocycles. The fourth-order valence-corrected chi connectivity index (χ4v) is 3.12. The Morgan fingerprint density at radius 3 is 2.70 bits per heavy atom. The van der Waals surface area contributed by atoms with E-state index >= 15 is 0 Å². The number of hydrogen-bond acceptors (Lipinski definition) is 2. The fourth-order valence-electron chi connectivity index (χ4n) is 3.12. The number of carbonyl (C=O) groups excluding carboxylic acids is 1. The number of nitrogens with two attached hydrogens (primary N) is 1. The molecular formula is C23H33N3O. The van der Waals surface area contributed by atoms with E-state index in [0.717, 1.165) is 36.8 Å². The van der Waals surface area contributed by atoms with E-state index in [2.05, 4.69) is 67.2 Å². The predicted octanol–water partition coefficient (Wildman–Crippen LogP) is 4.34. The minimum atomic E-state index is 0.0554. The molecule has 0 radical (unpaired) electrons. The van der Waals surface area contributed by atoms with Crippen LogP contribution in [-0.4, -0.2) is 23.6 Å². The van der Waals surface area contributed by atoms with Crippen LogP contribution in [0.3, 0.4) is 0 Å². The van der Waals surface area contributed by atoms with E-state index in [9.17, 15) is 4.79 Å².